The van der Waals surface area contributed by atoms with Crippen LogP contribution in [-0.4, -0.2) is 0 Å². The van der Waals surface area contributed by atoms with Gasteiger partial charge >= 0.3 is 17.1 Å². The van der Waals surface area contributed by atoms with Gasteiger partial charge < -0.3 is 6.92 Å². The van der Waals surface area contributed by atoms with E-state index < -0.39 is 0 Å². The van der Waals surface area contributed by atoms with E-state index in [1.165, 1.54) is 89.9 Å². The molecule has 0 aliphatic heterocycles. The van der Waals surface area contributed by atoms with Crippen LogP contribution in [0.5, 0.6) is 0 Å². The maximum absolute atomic E-state index is 3.88. The van der Waals surface area contributed by atoms with Gasteiger partial charge in [0.1, 0.15) is 0 Å². The van der Waals surface area contributed by atoms with Gasteiger partial charge in [0.2, 0.25) is 0 Å². The first-order valence-corrected chi connectivity index (χ1v) is 8.21. The SMILES string of the molecule is [CH2-]CCCCCCCCCCCCCCCC.[Cu+]. The van der Waals surface area contributed by atoms with E-state index in [0.29, 0.717) is 0 Å². The zero-order valence-corrected chi connectivity index (χ0v) is 13.6. The van der Waals surface area contributed by atoms with Crippen molar-refractivity contribution in [2.75, 3.05) is 0 Å². The van der Waals surface area contributed by atoms with Crippen LogP contribution in [0.1, 0.15) is 103 Å². The number of unbranched alkanes of at least 4 members (excludes halogenated alkanes) is 14. The average molecular weight is 303 g/mol. The minimum Gasteiger partial charge on any atom is -0.343 e. The van der Waals surface area contributed by atoms with Crippen LogP contribution >= 0.6 is 0 Å². The summed E-state index contributed by atoms with van der Waals surface area (Å²) in [6.07, 6.45) is 21.3. The molecule has 1 heteroatoms. The summed E-state index contributed by atoms with van der Waals surface area (Å²) in [5, 5.41) is 0. The van der Waals surface area contributed by atoms with Gasteiger partial charge in [-0.05, 0) is 0 Å². The molecule has 0 heterocycles. The summed E-state index contributed by atoms with van der Waals surface area (Å²) in [4.78, 5) is 0. The van der Waals surface area contributed by atoms with Crippen molar-refractivity contribution in [1.82, 2.24) is 0 Å². The molecule has 18 heavy (non-hydrogen) atoms. The van der Waals surface area contributed by atoms with Crippen LogP contribution in [-0.2, 0) is 17.1 Å². The molecule has 0 fully saturated rings. The molecule has 0 saturated carbocycles. The van der Waals surface area contributed by atoms with Gasteiger partial charge in [-0.2, -0.15) is 6.42 Å². The Labute approximate surface area is 127 Å². The second-order valence-electron chi connectivity index (χ2n) is 5.45. The van der Waals surface area contributed by atoms with Crippen LogP contribution in [0.15, 0.2) is 0 Å². The van der Waals surface area contributed by atoms with Gasteiger partial charge in [-0.25, -0.2) is 0 Å². The van der Waals surface area contributed by atoms with E-state index in [2.05, 4.69) is 13.8 Å². The first-order chi connectivity index (χ1) is 8.41. The smallest absolute Gasteiger partial charge is 0.343 e. The largest absolute Gasteiger partial charge is 1.00 e. The minimum atomic E-state index is 0. The maximum Gasteiger partial charge on any atom is 1.00 e. The Morgan fingerprint density at radius 3 is 1.06 bits per heavy atom. The molecule has 0 saturated heterocycles. The summed E-state index contributed by atoms with van der Waals surface area (Å²) < 4.78 is 0. The van der Waals surface area contributed by atoms with Crippen molar-refractivity contribution in [2.45, 2.75) is 103 Å². The van der Waals surface area contributed by atoms with Crippen LogP contribution in [0, 0.1) is 6.92 Å². The second-order valence-corrected chi connectivity index (χ2v) is 5.45. The Bertz CT molecular complexity index is 109. The van der Waals surface area contributed by atoms with Crippen molar-refractivity contribution < 1.29 is 17.1 Å². The first-order valence-electron chi connectivity index (χ1n) is 8.21. The third kappa shape index (κ3) is 18.9. The summed E-state index contributed by atoms with van der Waals surface area (Å²) in [6, 6.07) is 0. The fourth-order valence-electron chi connectivity index (χ4n) is 2.37. The molecule has 0 N–H and O–H groups in total. The molecule has 0 aromatic heterocycles. The Balaban J connectivity index is 0. The first kappa shape index (κ1) is 20.8. The van der Waals surface area contributed by atoms with E-state index in [1.807, 2.05) is 0 Å². The molecule has 0 rings (SSSR count). The van der Waals surface area contributed by atoms with Gasteiger partial charge in [-0.15, -0.1) is 0 Å². The second kappa shape index (κ2) is 19.8. The van der Waals surface area contributed by atoms with Crippen molar-refractivity contribution in [3.8, 4) is 0 Å². The van der Waals surface area contributed by atoms with Crippen LogP contribution < -0.4 is 0 Å². The van der Waals surface area contributed by atoms with Crippen LogP contribution in [0.2, 0.25) is 0 Å². The fraction of sp³-hybridized carbons (Fsp3) is 0.941. The average Bonchev–Trinajstić information content (AvgIpc) is 2.35. The van der Waals surface area contributed by atoms with Gasteiger partial charge in [0, 0.05) is 0 Å². The third-order valence-corrected chi connectivity index (χ3v) is 3.60. The summed E-state index contributed by atoms with van der Waals surface area (Å²) >= 11 is 0. The van der Waals surface area contributed by atoms with Crippen LogP contribution in [0.4, 0.5) is 0 Å². The summed E-state index contributed by atoms with van der Waals surface area (Å²) in [5.74, 6) is 0. The molecule has 0 aliphatic rings. The van der Waals surface area contributed by atoms with E-state index in [1.54, 1.807) is 0 Å². The van der Waals surface area contributed by atoms with Crippen molar-refractivity contribution in [3.63, 3.8) is 0 Å². The minimum absolute atomic E-state index is 0. The monoisotopic (exact) mass is 302 g/mol. The molecule has 0 nitrogen and oxygen atoms in total. The predicted molar refractivity (Wildman–Crippen MR) is 80.3 cm³/mol. The standard InChI is InChI=1S/C17H35.Cu/c1-3-5-7-9-11-13-15-17-16-14-12-10-8-6-4-2;/h1,3-17H2,2H3;/q-1;+1. The Kier molecular flexibility index (Phi) is 23.0. The summed E-state index contributed by atoms with van der Waals surface area (Å²) in [5.41, 5.74) is 0. The van der Waals surface area contributed by atoms with E-state index in [9.17, 15) is 0 Å². The van der Waals surface area contributed by atoms with Gasteiger partial charge in [0.05, 0.1) is 0 Å². The molecule has 0 amide bonds. The summed E-state index contributed by atoms with van der Waals surface area (Å²) in [6.45, 7) is 6.17. The zero-order valence-electron chi connectivity index (χ0n) is 12.6. The van der Waals surface area contributed by atoms with Gasteiger partial charge in [-0.1, -0.05) is 96.8 Å². The van der Waals surface area contributed by atoms with Gasteiger partial charge in [0.25, 0.3) is 0 Å². The van der Waals surface area contributed by atoms with E-state index in [4.69, 9.17) is 0 Å². The van der Waals surface area contributed by atoms with Crippen molar-refractivity contribution in [2.24, 2.45) is 0 Å². The molecule has 0 aliphatic carbocycles. The fourth-order valence-corrected chi connectivity index (χ4v) is 2.37. The molecule has 0 aromatic carbocycles. The summed E-state index contributed by atoms with van der Waals surface area (Å²) in [7, 11) is 0. The normalized spacial score (nSPS) is 10.3. The third-order valence-electron chi connectivity index (χ3n) is 3.60. The van der Waals surface area contributed by atoms with E-state index in [0.717, 1.165) is 6.42 Å². The van der Waals surface area contributed by atoms with Crippen molar-refractivity contribution in [1.29, 1.82) is 0 Å². The molecule has 0 aromatic rings. The molecular formula is C17H35Cu. The topological polar surface area (TPSA) is 0 Å². The molecule has 114 valence electrons. The predicted octanol–water partition coefficient (Wildman–Crippen LogP) is 6.69. The van der Waals surface area contributed by atoms with E-state index in [-0.39, 0.29) is 17.1 Å². The molecule has 0 spiro atoms. The zero-order chi connectivity index (χ0) is 12.6. The Morgan fingerprint density at radius 2 is 0.778 bits per heavy atom. The van der Waals surface area contributed by atoms with Gasteiger partial charge in [0.15, 0.2) is 0 Å². The number of hydrogen-bond acceptors (Lipinski definition) is 0. The van der Waals surface area contributed by atoms with Crippen molar-refractivity contribution in [3.05, 3.63) is 6.92 Å². The Hall–Kier alpha value is 0.519. The number of hydrogen-bond donors (Lipinski definition) is 0. The molecule has 0 unspecified atom stereocenters. The maximum atomic E-state index is 3.88. The molecule has 0 atom stereocenters. The molecule has 0 radical (unpaired) electrons. The van der Waals surface area contributed by atoms with Crippen molar-refractivity contribution >= 4 is 0 Å². The molecular weight excluding hydrogens is 268 g/mol. The molecule has 0 bridgehead atoms. The number of rotatable bonds is 14. The van der Waals surface area contributed by atoms with Crippen LogP contribution in [0.25, 0.3) is 0 Å². The Morgan fingerprint density at radius 1 is 0.500 bits per heavy atom. The quantitative estimate of drug-likeness (QED) is 0.190. The van der Waals surface area contributed by atoms with E-state index >= 15 is 0 Å². The van der Waals surface area contributed by atoms with Crippen LogP contribution in [0.3, 0.4) is 0 Å². The van der Waals surface area contributed by atoms with Gasteiger partial charge in [-0.3, -0.25) is 0 Å².